The van der Waals surface area contributed by atoms with E-state index in [1.165, 1.54) is 31.4 Å². The van der Waals surface area contributed by atoms with Crippen molar-refractivity contribution in [1.29, 1.82) is 0 Å². The molecule has 26 heavy (non-hydrogen) atoms. The van der Waals surface area contributed by atoms with Crippen molar-refractivity contribution >= 4 is 17.6 Å². The Hall–Kier alpha value is -2.84. The minimum absolute atomic E-state index is 0.0624. The third-order valence-corrected chi connectivity index (χ3v) is 4.20. The number of hydrogen-bond donors (Lipinski definition) is 1. The van der Waals surface area contributed by atoms with Gasteiger partial charge in [0.1, 0.15) is 11.5 Å². The van der Waals surface area contributed by atoms with Gasteiger partial charge in [0.25, 0.3) is 5.92 Å². The summed E-state index contributed by atoms with van der Waals surface area (Å²) in [5.41, 5.74) is 6.37. The number of nitrogen functional groups attached to an aromatic ring is 1. The zero-order valence-corrected chi connectivity index (χ0v) is 14.0. The number of esters is 1. The highest BCUT2D eigenvalue weighted by Crippen LogP contribution is 2.35. The number of anilines is 2. The number of nitrogens with zero attached hydrogens (tertiary/aromatic N) is 3. The topological polar surface area (TPSA) is 81.3 Å². The minimum atomic E-state index is -2.72. The number of rotatable bonds is 3. The van der Waals surface area contributed by atoms with Crippen LogP contribution < -0.4 is 10.6 Å². The largest absolute Gasteiger partial charge is 0.464 e. The molecular weight excluding hydrogens is 349 g/mol. The molecule has 6 nitrogen and oxygen atoms in total. The van der Waals surface area contributed by atoms with E-state index < -0.39 is 17.7 Å². The van der Waals surface area contributed by atoms with Crippen molar-refractivity contribution in [1.82, 2.24) is 9.97 Å². The van der Waals surface area contributed by atoms with Gasteiger partial charge in [-0.05, 0) is 24.3 Å². The van der Waals surface area contributed by atoms with Crippen LogP contribution in [0.4, 0.5) is 24.8 Å². The maximum Gasteiger partial charge on any atom is 0.360 e. The Morgan fingerprint density at radius 2 is 1.81 bits per heavy atom. The molecule has 1 fully saturated rings. The Morgan fingerprint density at radius 1 is 1.19 bits per heavy atom. The Labute approximate surface area is 147 Å². The van der Waals surface area contributed by atoms with E-state index in [0.29, 0.717) is 5.56 Å². The van der Waals surface area contributed by atoms with E-state index in [-0.39, 0.29) is 49.0 Å². The lowest BCUT2D eigenvalue weighted by atomic mass is 10.1. The van der Waals surface area contributed by atoms with Crippen LogP contribution in [0, 0.1) is 5.82 Å². The molecule has 0 amide bonds. The van der Waals surface area contributed by atoms with Crippen molar-refractivity contribution in [2.75, 3.05) is 30.8 Å². The van der Waals surface area contributed by atoms with Crippen LogP contribution in [0.5, 0.6) is 0 Å². The summed E-state index contributed by atoms with van der Waals surface area (Å²) in [5, 5.41) is 0. The van der Waals surface area contributed by atoms with Crippen LogP contribution in [-0.4, -0.2) is 42.1 Å². The summed E-state index contributed by atoms with van der Waals surface area (Å²) >= 11 is 0. The van der Waals surface area contributed by atoms with Crippen molar-refractivity contribution in [2.45, 2.75) is 18.8 Å². The number of halogens is 3. The second-order valence-corrected chi connectivity index (χ2v) is 5.97. The number of alkyl halides is 2. The highest BCUT2D eigenvalue weighted by atomic mass is 19.3. The molecule has 1 aromatic carbocycles. The van der Waals surface area contributed by atoms with Gasteiger partial charge >= 0.3 is 5.97 Å². The monoisotopic (exact) mass is 366 g/mol. The van der Waals surface area contributed by atoms with E-state index >= 15 is 0 Å². The predicted octanol–water partition coefficient (Wildman–Crippen LogP) is 2.89. The lowest BCUT2D eigenvalue weighted by Gasteiger charge is -2.33. The molecule has 1 saturated heterocycles. The first kappa shape index (κ1) is 18.0. The molecule has 1 aliphatic heterocycles. The summed E-state index contributed by atoms with van der Waals surface area (Å²) in [4.78, 5) is 22.0. The molecule has 0 atom stereocenters. The van der Waals surface area contributed by atoms with Gasteiger partial charge in [-0.15, -0.1) is 0 Å². The van der Waals surface area contributed by atoms with Crippen LogP contribution >= 0.6 is 0 Å². The van der Waals surface area contributed by atoms with Crippen molar-refractivity contribution in [2.24, 2.45) is 0 Å². The first-order valence-electron chi connectivity index (χ1n) is 7.95. The number of benzene rings is 1. The molecule has 2 heterocycles. The quantitative estimate of drug-likeness (QED) is 0.842. The van der Waals surface area contributed by atoms with Crippen molar-refractivity contribution < 1.29 is 22.7 Å². The zero-order valence-electron chi connectivity index (χ0n) is 14.0. The molecule has 9 heteroatoms. The van der Waals surface area contributed by atoms with Gasteiger partial charge in [0, 0.05) is 31.5 Å². The van der Waals surface area contributed by atoms with Crippen LogP contribution in [0.2, 0.25) is 0 Å². The molecule has 0 spiro atoms. The smallest absolute Gasteiger partial charge is 0.360 e. The highest BCUT2D eigenvalue weighted by Gasteiger charge is 2.35. The van der Waals surface area contributed by atoms with Gasteiger partial charge in [0.2, 0.25) is 0 Å². The maximum atomic E-state index is 13.5. The number of carbonyl (C=O) groups excluding carboxylic acids is 1. The molecule has 0 saturated carbocycles. The third-order valence-electron chi connectivity index (χ3n) is 4.20. The van der Waals surface area contributed by atoms with E-state index in [1.807, 2.05) is 0 Å². The van der Waals surface area contributed by atoms with E-state index in [4.69, 9.17) is 5.73 Å². The summed E-state index contributed by atoms with van der Waals surface area (Å²) in [6.07, 6.45) is -0.646. The SMILES string of the molecule is COC(=O)c1nc(-c2ccc(F)cc2)c(N2CCC(F)(F)CC2)nc1N. The van der Waals surface area contributed by atoms with Crippen LogP contribution in [0.25, 0.3) is 11.3 Å². The lowest BCUT2D eigenvalue weighted by molar-refractivity contribution is -0.0221. The average Bonchev–Trinajstić information content (AvgIpc) is 2.62. The molecule has 1 aliphatic rings. The maximum absolute atomic E-state index is 13.5. The van der Waals surface area contributed by atoms with Gasteiger partial charge in [0.15, 0.2) is 17.3 Å². The van der Waals surface area contributed by atoms with Crippen LogP contribution in [-0.2, 0) is 4.74 Å². The number of hydrogen-bond acceptors (Lipinski definition) is 6. The average molecular weight is 366 g/mol. The second kappa shape index (κ2) is 6.81. The summed E-state index contributed by atoms with van der Waals surface area (Å²) in [6.45, 7) is 0.125. The van der Waals surface area contributed by atoms with E-state index in [1.54, 1.807) is 4.90 Å². The summed E-state index contributed by atoms with van der Waals surface area (Å²) in [7, 11) is 1.18. The fraction of sp³-hybridized carbons (Fsp3) is 0.353. The Bertz CT molecular complexity index is 818. The van der Waals surface area contributed by atoms with Crippen molar-refractivity contribution in [3.63, 3.8) is 0 Å². The van der Waals surface area contributed by atoms with E-state index in [2.05, 4.69) is 14.7 Å². The molecule has 3 rings (SSSR count). The van der Waals surface area contributed by atoms with Gasteiger partial charge in [-0.25, -0.2) is 27.9 Å². The lowest BCUT2D eigenvalue weighted by Crippen LogP contribution is -2.40. The number of ether oxygens (including phenoxy) is 1. The fourth-order valence-electron chi connectivity index (χ4n) is 2.75. The van der Waals surface area contributed by atoms with Gasteiger partial charge in [-0.3, -0.25) is 0 Å². The standard InChI is InChI=1S/C17H17F3N4O2/c1-26-16(25)13-14(21)23-15(24-8-6-17(19,20)7-9-24)12(22-13)10-2-4-11(18)5-3-10/h2-5H,6-9H2,1H3,(H2,21,23). The molecule has 0 bridgehead atoms. The molecule has 0 radical (unpaired) electrons. The highest BCUT2D eigenvalue weighted by molar-refractivity contribution is 5.93. The van der Waals surface area contributed by atoms with Crippen LogP contribution in [0.1, 0.15) is 23.3 Å². The van der Waals surface area contributed by atoms with Gasteiger partial charge in [-0.2, -0.15) is 0 Å². The number of aromatic nitrogens is 2. The normalized spacial score (nSPS) is 16.4. The Kier molecular flexibility index (Phi) is 4.71. The first-order valence-corrected chi connectivity index (χ1v) is 7.95. The molecule has 2 N–H and O–H groups in total. The zero-order chi connectivity index (χ0) is 18.9. The number of carbonyl (C=O) groups is 1. The van der Waals surface area contributed by atoms with Gasteiger partial charge in [-0.1, -0.05) is 0 Å². The minimum Gasteiger partial charge on any atom is -0.464 e. The number of piperidine rings is 1. The van der Waals surface area contributed by atoms with Crippen molar-refractivity contribution in [3.05, 3.63) is 35.8 Å². The molecule has 0 unspecified atom stereocenters. The molecule has 2 aromatic rings. The Balaban J connectivity index is 2.09. The number of nitrogens with two attached hydrogens (primary N) is 1. The number of methoxy groups -OCH3 is 1. The fourth-order valence-corrected chi connectivity index (χ4v) is 2.75. The molecule has 0 aliphatic carbocycles. The predicted molar refractivity (Wildman–Crippen MR) is 89.6 cm³/mol. The molecule has 138 valence electrons. The summed E-state index contributed by atoms with van der Waals surface area (Å²) in [6, 6.07) is 5.41. The molecule has 1 aromatic heterocycles. The summed E-state index contributed by atoms with van der Waals surface area (Å²) < 4.78 is 44.8. The van der Waals surface area contributed by atoms with Gasteiger partial charge in [0.05, 0.1) is 7.11 Å². The second-order valence-electron chi connectivity index (χ2n) is 5.97. The molecular formula is C17H17F3N4O2. The van der Waals surface area contributed by atoms with Crippen LogP contribution in [0.3, 0.4) is 0 Å². The summed E-state index contributed by atoms with van der Waals surface area (Å²) in [5.74, 6) is -3.82. The van der Waals surface area contributed by atoms with E-state index in [9.17, 15) is 18.0 Å². The third kappa shape index (κ3) is 3.56. The Morgan fingerprint density at radius 3 is 2.38 bits per heavy atom. The van der Waals surface area contributed by atoms with Crippen LogP contribution in [0.15, 0.2) is 24.3 Å². The van der Waals surface area contributed by atoms with Crippen molar-refractivity contribution in [3.8, 4) is 11.3 Å². The van der Waals surface area contributed by atoms with E-state index in [0.717, 1.165) is 0 Å². The van der Waals surface area contributed by atoms with Gasteiger partial charge < -0.3 is 15.4 Å². The first-order chi connectivity index (χ1) is 12.3.